The number of carbonyl (C=O) groups is 1. The number of anilines is 3. The van der Waals surface area contributed by atoms with Crippen LogP contribution in [0.5, 0.6) is 0 Å². The van der Waals surface area contributed by atoms with E-state index in [9.17, 15) is 9.18 Å². The van der Waals surface area contributed by atoms with Gasteiger partial charge in [-0.05, 0) is 54.6 Å². The maximum absolute atomic E-state index is 14.7. The van der Waals surface area contributed by atoms with Crippen LogP contribution >= 0.6 is 11.6 Å². The van der Waals surface area contributed by atoms with E-state index in [-0.39, 0.29) is 11.7 Å². The van der Waals surface area contributed by atoms with Gasteiger partial charge in [-0.15, -0.1) is 0 Å². The summed E-state index contributed by atoms with van der Waals surface area (Å²) >= 11 is 5.84. The quantitative estimate of drug-likeness (QED) is 0.654. The number of rotatable bonds is 4. The van der Waals surface area contributed by atoms with Gasteiger partial charge in [-0.2, -0.15) is 0 Å². The molecule has 0 unspecified atom stereocenters. The molecule has 6 heteroatoms. The molecule has 4 rings (SSSR count). The average molecular weight is 410 g/mol. The lowest BCUT2D eigenvalue weighted by Gasteiger charge is -2.37. The van der Waals surface area contributed by atoms with Crippen molar-refractivity contribution in [1.29, 1.82) is 0 Å². The van der Waals surface area contributed by atoms with Crippen molar-refractivity contribution in [2.45, 2.75) is 0 Å². The summed E-state index contributed by atoms with van der Waals surface area (Å²) in [4.78, 5) is 16.6. The number of hydrogen-bond acceptors (Lipinski definition) is 3. The molecule has 0 atom stereocenters. The molecule has 4 nitrogen and oxygen atoms in total. The van der Waals surface area contributed by atoms with Crippen LogP contribution in [0.1, 0.15) is 10.4 Å². The second-order valence-electron chi connectivity index (χ2n) is 6.94. The minimum Gasteiger partial charge on any atom is -0.368 e. The Balaban J connectivity index is 1.40. The third-order valence-corrected chi connectivity index (χ3v) is 5.31. The first-order valence-corrected chi connectivity index (χ1v) is 9.89. The molecule has 1 aliphatic rings. The van der Waals surface area contributed by atoms with Crippen molar-refractivity contribution in [3.63, 3.8) is 0 Å². The molecule has 148 valence electrons. The fourth-order valence-corrected chi connectivity index (χ4v) is 3.62. The van der Waals surface area contributed by atoms with E-state index in [0.717, 1.165) is 26.2 Å². The SMILES string of the molecule is O=C(Nc1ccc(N2CCN(c3ccccc3)CC2)c(F)c1)c1ccc(Cl)cc1. The Morgan fingerprint density at radius 3 is 2.17 bits per heavy atom. The molecule has 1 saturated heterocycles. The van der Waals surface area contributed by atoms with Gasteiger partial charge in [0.15, 0.2) is 0 Å². The number of halogens is 2. The lowest BCUT2D eigenvalue weighted by Crippen LogP contribution is -2.46. The largest absolute Gasteiger partial charge is 0.368 e. The van der Waals surface area contributed by atoms with Crippen LogP contribution in [-0.4, -0.2) is 32.1 Å². The van der Waals surface area contributed by atoms with E-state index in [0.29, 0.717) is 22.0 Å². The van der Waals surface area contributed by atoms with E-state index < -0.39 is 0 Å². The highest BCUT2D eigenvalue weighted by molar-refractivity contribution is 6.30. The van der Waals surface area contributed by atoms with Crippen molar-refractivity contribution in [1.82, 2.24) is 0 Å². The molecule has 1 aliphatic heterocycles. The van der Waals surface area contributed by atoms with Crippen LogP contribution in [0, 0.1) is 5.82 Å². The number of piperazine rings is 1. The summed E-state index contributed by atoms with van der Waals surface area (Å²) in [7, 11) is 0. The molecule has 1 heterocycles. The smallest absolute Gasteiger partial charge is 0.255 e. The number of hydrogen-bond donors (Lipinski definition) is 1. The maximum atomic E-state index is 14.7. The summed E-state index contributed by atoms with van der Waals surface area (Å²) in [6.07, 6.45) is 0. The summed E-state index contributed by atoms with van der Waals surface area (Å²) in [5, 5.41) is 3.29. The summed E-state index contributed by atoms with van der Waals surface area (Å²) in [6, 6.07) is 21.6. The lowest BCUT2D eigenvalue weighted by molar-refractivity contribution is 0.102. The van der Waals surface area contributed by atoms with E-state index in [1.807, 2.05) is 23.1 Å². The fourth-order valence-electron chi connectivity index (χ4n) is 3.49. The predicted octanol–water partition coefficient (Wildman–Crippen LogP) is 5.06. The van der Waals surface area contributed by atoms with Gasteiger partial charge in [-0.25, -0.2) is 4.39 Å². The summed E-state index contributed by atoms with van der Waals surface area (Å²) in [5.74, 6) is -0.641. The molecule has 1 amide bonds. The zero-order chi connectivity index (χ0) is 20.2. The van der Waals surface area contributed by atoms with E-state index in [1.165, 1.54) is 11.8 Å². The van der Waals surface area contributed by atoms with E-state index in [1.54, 1.807) is 36.4 Å². The molecule has 3 aromatic carbocycles. The lowest BCUT2D eigenvalue weighted by atomic mass is 10.2. The van der Waals surface area contributed by atoms with Crippen molar-refractivity contribution in [3.8, 4) is 0 Å². The van der Waals surface area contributed by atoms with Crippen molar-refractivity contribution >= 4 is 34.6 Å². The van der Waals surface area contributed by atoms with Gasteiger partial charge in [-0.1, -0.05) is 29.8 Å². The standard InChI is InChI=1S/C23H21ClFN3O/c24-18-8-6-17(7-9-18)23(29)26-19-10-11-22(21(25)16-19)28-14-12-27(13-15-28)20-4-2-1-3-5-20/h1-11,16H,12-15H2,(H,26,29). The topological polar surface area (TPSA) is 35.6 Å². The summed E-state index contributed by atoms with van der Waals surface area (Å²) < 4.78 is 14.7. The van der Waals surface area contributed by atoms with Gasteiger partial charge in [-0.3, -0.25) is 4.79 Å². The first-order chi connectivity index (χ1) is 14.1. The van der Waals surface area contributed by atoms with Crippen molar-refractivity contribution in [3.05, 3.63) is 89.2 Å². The molecule has 0 aromatic heterocycles. The zero-order valence-corrected chi connectivity index (χ0v) is 16.6. The Kier molecular flexibility index (Phi) is 5.67. The van der Waals surface area contributed by atoms with Crippen molar-refractivity contribution < 1.29 is 9.18 Å². The summed E-state index contributed by atoms with van der Waals surface area (Å²) in [6.45, 7) is 3.14. The van der Waals surface area contributed by atoms with Crippen LogP contribution < -0.4 is 15.1 Å². The maximum Gasteiger partial charge on any atom is 0.255 e. The molecular weight excluding hydrogens is 389 g/mol. The van der Waals surface area contributed by atoms with Crippen molar-refractivity contribution in [2.75, 3.05) is 41.3 Å². The van der Waals surface area contributed by atoms with Crippen molar-refractivity contribution in [2.24, 2.45) is 0 Å². The number of nitrogens with one attached hydrogen (secondary N) is 1. The molecule has 0 radical (unpaired) electrons. The molecule has 1 N–H and O–H groups in total. The molecule has 0 saturated carbocycles. The van der Waals surface area contributed by atoms with Gasteiger partial charge in [0, 0.05) is 48.1 Å². The Morgan fingerprint density at radius 1 is 0.862 bits per heavy atom. The Labute approximate surface area is 174 Å². The van der Waals surface area contributed by atoms with Gasteiger partial charge < -0.3 is 15.1 Å². The minimum absolute atomic E-state index is 0.301. The highest BCUT2D eigenvalue weighted by atomic mass is 35.5. The van der Waals surface area contributed by atoms with Crippen LogP contribution in [0.25, 0.3) is 0 Å². The van der Waals surface area contributed by atoms with Crippen LogP contribution in [0.15, 0.2) is 72.8 Å². The predicted molar refractivity (Wildman–Crippen MR) is 117 cm³/mol. The van der Waals surface area contributed by atoms with E-state index in [4.69, 9.17) is 11.6 Å². The highest BCUT2D eigenvalue weighted by Gasteiger charge is 2.20. The number of amides is 1. The second-order valence-corrected chi connectivity index (χ2v) is 7.37. The Bertz CT molecular complexity index is 987. The van der Waals surface area contributed by atoms with Gasteiger partial charge in [0.25, 0.3) is 5.91 Å². The first kappa shape index (κ1) is 19.3. The molecule has 0 spiro atoms. The third-order valence-electron chi connectivity index (χ3n) is 5.05. The van der Waals surface area contributed by atoms with Gasteiger partial charge in [0.1, 0.15) is 5.82 Å². The average Bonchev–Trinajstić information content (AvgIpc) is 2.75. The minimum atomic E-state index is -0.341. The van der Waals surface area contributed by atoms with E-state index >= 15 is 0 Å². The van der Waals surface area contributed by atoms with Gasteiger partial charge in [0.05, 0.1) is 5.69 Å². The third kappa shape index (κ3) is 4.51. The summed E-state index contributed by atoms with van der Waals surface area (Å²) in [5.41, 5.74) is 2.64. The van der Waals surface area contributed by atoms with Crippen LogP contribution in [-0.2, 0) is 0 Å². The highest BCUT2D eigenvalue weighted by Crippen LogP contribution is 2.26. The monoisotopic (exact) mass is 409 g/mol. The van der Waals surface area contributed by atoms with Crippen LogP contribution in [0.2, 0.25) is 5.02 Å². The zero-order valence-electron chi connectivity index (χ0n) is 15.8. The van der Waals surface area contributed by atoms with Gasteiger partial charge >= 0.3 is 0 Å². The number of nitrogens with zero attached hydrogens (tertiary/aromatic N) is 2. The van der Waals surface area contributed by atoms with E-state index in [2.05, 4.69) is 22.3 Å². The molecule has 3 aromatic rings. The molecular formula is C23H21ClFN3O. The first-order valence-electron chi connectivity index (χ1n) is 9.51. The Hall–Kier alpha value is -3.05. The van der Waals surface area contributed by atoms with Crippen LogP contribution in [0.3, 0.4) is 0 Å². The molecule has 0 aliphatic carbocycles. The number of carbonyl (C=O) groups excluding carboxylic acids is 1. The Morgan fingerprint density at radius 2 is 1.52 bits per heavy atom. The van der Waals surface area contributed by atoms with Gasteiger partial charge in [0.2, 0.25) is 0 Å². The number of para-hydroxylation sites is 1. The molecule has 1 fully saturated rings. The normalized spacial score (nSPS) is 14.0. The fraction of sp³-hybridized carbons (Fsp3) is 0.174. The number of benzene rings is 3. The second kappa shape index (κ2) is 8.53. The molecule has 0 bridgehead atoms. The van der Waals surface area contributed by atoms with Crippen LogP contribution in [0.4, 0.5) is 21.5 Å². The molecule has 29 heavy (non-hydrogen) atoms.